The molecule has 0 saturated carbocycles. The predicted octanol–water partition coefficient (Wildman–Crippen LogP) is 0.954. The third-order valence-electron chi connectivity index (χ3n) is 0.503. The van der Waals surface area contributed by atoms with Gasteiger partial charge in [0, 0.05) is 18.5 Å². The number of nitrogens with one attached hydrogen (secondary N) is 1. The van der Waals surface area contributed by atoms with E-state index in [2.05, 4.69) is 11.1 Å². The average Bonchev–Trinajstić information content (AvgIpc) is 1.86. The molecule has 1 aromatic heterocycles. The fourth-order valence-electron chi connectivity index (χ4n) is 0.267. The number of aromatic nitrogens is 1. The molecule has 0 aromatic carbocycles. The van der Waals surface area contributed by atoms with E-state index in [4.69, 9.17) is 0 Å². The van der Waals surface area contributed by atoms with Crippen LogP contribution in [0.25, 0.3) is 0 Å². The third kappa shape index (κ3) is 0.407. The van der Waals surface area contributed by atoms with E-state index in [-0.39, 0.29) is 5.82 Å². The zero-order valence-corrected chi connectivity index (χ0v) is 3.03. The highest BCUT2D eigenvalue weighted by Gasteiger charge is 1.79. The van der Waals surface area contributed by atoms with E-state index in [1.54, 1.807) is 0 Å². The smallest absolute Gasteiger partial charge is 0.148 e. The van der Waals surface area contributed by atoms with E-state index in [1.165, 1.54) is 12.4 Å². The van der Waals surface area contributed by atoms with Crippen LogP contribution in [0.3, 0.4) is 0 Å². The first kappa shape index (κ1) is 3.40. The topological polar surface area (TPSA) is 15.8 Å². The Morgan fingerprint density at radius 2 is 2.67 bits per heavy atom. The van der Waals surface area contributed by atoms with Gasteiger partial charge in [0.25, 0.3) is 0 Å². The van der Waals surface area contributed by atoms with Gasteiger partial charge >= 0.3 is 0 Å². The van der Waals surface area contributed by atoms with E-state index in [9.17, 15) is 4.39 Å². The highest BCUT2D eigenvalue weighted by Crippen LogP contribution is 1.86. The molecule has 0 spiro atoms. The monoisotopic (exact) mass is 84.0 g/mol. The molecule has 1 radical (unpaired) electrons. The van der Waals surface area contributed by atoms with Gasteiger partial charge in [-0.15, -0.1) is 0 Å². The van der Waals surface area contributed by atoms with Crippen molar-refractivity contribution in [2.45, 2.75) is 0 Å². The summed E-state index contributed by atoms with van der Waals surface area (Å²) in [5.74, 6) is -0.338. The summed E-state index contributed by atoms with van der Waals surface area (Å²) < 4.78 is 11.6. The lowest BCUT2D eigenvalue weighted by atomic mass is 10.6. The maximum atomic E-state index is 11.6. The minimum absolute atomic E-state index is 0.338. The highest BCUT2D eigenvalue weighted by atomic mass is 19.1. The van der Waals surface area contributed by atoms with Crippen molar-refractivity contribution in [1.82, 2.24) is 4.98 Å². The van der Waals surface area contributed by atoms with Gasteiger partial charge in [0.2, 0.25) is 0 Å². The molecule has 0 aliphatic rings. The Morgan fingerprint density at radius 3 is 2.83 bits per heavy atom. The van der Waals surface area contributed by atoms with Gasteiger partial charge < -0.3 is 4.98 Å². The maximum absolute atomic E-state index is 11.6. The second-order valence-corrected chi connectivity index (χ2v) is 0.948. The van der Waals surface area contributed by atoms with Crippen molar-refractivity contribution in [2.75, 3.05) is 0 Å². The van der Waals surface area contributed by atoms with Crippen LogP contribution in [0.4, 0.5) is 4.39 Å². The van der Waals surface area contributed by atoms with Crippen LogP contribution in [-0.4, -0.2) is 4.98 Å². The first-order valence-electron chi connectivity index (χ1n) is 1.59. The van der Waals surface area contributed by atoms with Crippen molar-refractivity contribution in [3.05, 3.63) is 24.3 Å². The van der Waals surface area contributed by atoms with E-state index in [1.807, 2.05) is 0 Å². The van der Waals surface area contributed by atoms with Crippen LogP contribution in [0, 0.1) is 11.9 Å². The minimum Gasteiger partial charge on any atom is -0.365 e. The molecule has 0 atom stereocenters. The molecular formula is C4H3FN. The molecule has 1 heterocycles. The van der Waals surface area contributed by atoms with Gasteiger partial charge in [-0.3, -0.25) is 0 Å². The summed E-state index contributed by atoms with van der Waals surface area (Å²) in [6.45, 7) is 0. The Hall–Kier alpha value is -0.790. The molecule has 0 amide bonds. The normalized spacial score (nSPS) is 8.83. The molecular weight excluding hydrogens is 81.0 g/mol. The highest BCUT2D eigenvalue weighted by molar-refractivity contribution is 4.87. The van der Waals surface area contributed by atoms with Gasteiger partial charge in [-0.2, -0.15) is 0 Å². The summed E-state index contributed by atoms with van der Waals surface area (Å²) in [5.41, 5.74) is 0. The quantitative estimate of drug-likeness (QED) is 0.481. The molecule has 31 valence electrons. The molecule has 0 bridgehead atoms. The van der Waals surface area contributed by atoms with E-state index >= 15 is 0 Å². The molecule has 1 rings (SSSR count). The van der Waals surface area contributed by atoms with Crippen molar-refractivity contribution in [3.63, 3.8) is 0 Å². The van der Waals surface area contributed by atoms with Crippen LogP contribution in [0.2, 0.25) is 0 Å². The first-order chi connectivity index (χ1) is 2.89. The molecule has 0 unspecified atom stereocenters. The molecule has 0 aliphatic heterocycles. The van der Waals surface area contributed by atoms with Crippen LogP contribution in [0.1, 0.15) is 0 Å². The van der Waals surface area contributed by atoms with Gasteiger partial charge in [-0.05, 0) is 0 Å². The maximum Gasteiger partial charge on any atom is 0.148 e. The molecule has 1 N–H and O–H groups in total. The van der Waals surface area contributed by atoms with Crippen molar-refractivity contribution in [3.8, 4) is 0 Å². The number of halogens is 1. The molecule has 1 aromatic rings. The lowest BCUT2D eigenvalue weighted by molar-refractivity contribution is 0.628. The largest absolute Gasteiger partial charge is 0.365 e. The summed E-state index contributed by atoms with van der Waals surface area (Å²) in [6.07, 6.45) is 2.65. The van der Waals surface area contributed by atoms with E-state index < -0.39 is 0 Å². The standard InChI is InChI=1S/C4H3FN/c5-4-1-2-6-3-4/h2-3,6H. The van der Waals surface area contributed by atoms with Gasteiger partial charge in [0.15, 0.2) is 0 Å². The molecule has 0 fully saturated rings. The Balaban J connectivity index is 3.05. The van der Waals surface area contributed by atoms with Crippen LogP contribution in [-0.2, 0) is 0 Å². The van der Waals surface area contributed by atoms with Crippen LogP contribution in [0.5, 0.6) is 0 Å². The molecule has 1 nitrogen and oxygen atoms in total. The van der Waals surface area contributed by atoms with E-state index in [0.717, 1.165) is 0 Å². The summed E-state index contributed by atoms with van der Waals surface area (Å²) in [4.78, 5) is 2.50. The molecule has 6 heavy (non-hydrogen) atoms. The number of aromatic amines is 1. The van der Waals surface area contributed by atoms with Crippen LogP contribution >= 0.6 is 0 Å². The number of hydrogen-bond acceptors (Lipinski definition) is 0. The average molecular weight is 84.1 g/mol. The van der Waals surface area contributed by atoms with Gasteiger partial charge in [-0.1, -0.05) is 0 Å². The minimum atomic E-state index is -0.338. The molecule has 0 aliphatic carbocycles. The zero-order chi connectivity index (χ0) is 4.41. The summed E-state index contributed by atoms with van der Waals surface area (Å²) in [5, 5.41) is 0. The molecule has 0 saturated heterocycles. The van der Waals surface area contributed by atoms with Gasteiger partial charge in [0.1, 0.15) is 5.82 Å². The lowest BCUT2D eigenvalue weighted by Gasteiger charge is -1.59. The molecule has 2 heteroatoms. The Labute approximate surface area is 34.8 Å². The summed E-state index contributed by atoms with van der Waals surface area (Å²) in [6, 6.07) is 2.28. The number of hydrogen-bond donors (Lipinski definition) is 1. The van der Waals surface area contributed by atoms with Crippen LogP contribution < -0.4 is 0 Å². The Kier molecular flexibility index (Phi) is 0.638. The second-order valence-electron chi connectivity index (χ2n) is 0.948. The number of rotatable bonds is 0. The second kappa shape index (κ2) is 1.12. The SMILES string of the molecule is Fc1[c]c[nH]c1. The lowest BCUT2D eigenvalue weighted by Crippen LogP contribution is -1.52. The Morgan fingerprint density at radius 1 is 1.83 bits per heavy atom. The van der Waals surface area contributed by atoms with E-state index in [0.29, 0.717) is 0 Å². The summed E-state index contributed by atoms with van der Waals surface area (Å²) >= 11 is 0. The van der Waals surface area contributed by atoms with Crippen molar-refractivity contribution >= 4 is 0 Å². The van der Waals surface area contributed by atoms with Gasteiger partial charge in [0.05, 0.1) is 0 Å². The fourth-order valence-corrected chi connectivity index (χ4v) is 0.267. The van der Waals surface area contributed by atoms with Gasteiger partial charge in [-0.25, -0.2) is 4.39 Å². The number of H-pyrrole nitrogens is 1. The third-order valence-corrected chi connectivity index (χ3v) is 0.503. The van der Waals surface area contributed by atoms with Crippen molar-refractivity contribution in [2.24, 2.45) is 0 Å². The van der Waals surface area contributed by atoms with Crippen molar-refractivity contribution < 1.29 is 4.39 Å². The zero-order valence-electron chi connectivity index (χ0n) is 3.03. The van der Waals surface area contributed by atoms with Crippen molar-refractivity contribution in [1.29, 1.82) is 0 Å². The van der Waals surface area contributed by atoms with Crippen LogP contribution in [0.15, 0.2) is 12.4 Å². The first-order valence-corrected chi connectivity index (χ1v) is 1.59. The predicted molar refractivity (Wildman–Crippen MR) is 19.6 cm³/mol. The fraction of sp³-hybridized carbons (Fsp3) is 0. The summed E-state index contributed by atoms with van der Waals surface area (Å²) in [7, 11) is 0. The Bertz CT molecular complexity index is 111.